The van der Waals surface area contributed by atoms with Crippen LogP contribution in [0.5, 0.6) is 0 Å². The summed E-state index contributed by atoms with van der Waals surface area (Å²) in [5.74, 6) is 0. The molecule has 0 aliphatic heterocycles. The summed E-state index contributed by atoms with van der Waals surface area (Å²) < 4.78 is 16.5. The fraction of sp³-hybridized carbons (Fsp3) is 0.294. The Hall–Kier alpha value is -1.68. The number of hydrogen-bond acceptors (Lipinski definition) is 3. The van der Waals surface area contributed by atoms with Crippen molar-refractivity contribution in [2.75, 3.05) is 13.7 Å². The van der Waals surface area contributed by atoms with E-state index in [1.807, 2.05) is 60.7 Å². The van der Waals surface area contributed by atoms with Crippen LogP contribution in [-0.2, 0) is 27.4 Å². The predicted octanol–water partition coefficient (Wildman–Crippen LogP) is 3.39. The molecule has 0 N–H and O–H groups in total. The molecule has 0 heterocycles. The van der Waals surface area contributed by atoms with E-state index in [0.29, 0.717) is 19.8 Å². The molecular formula is C17H20O3. The molecule has 0 saturated carbocycles. The first-order valence-electron chi connectivity index (χ1n) is 6.68. The largest absolute Gasteiger partial charge is 0.371 e. The van der Waals surface area contributed by atoms with Gasteiger partial charge in [-0.25, -0.2) is 0 Å². The SMILES string of the molecule is COC(COCc1ccccc1)OCc1ccccc1. The van der Waals surface area contributed by atoms with Gasteiger partial charge in [-0.1, -0.05) is 60.7 Å². The molecule has 0 bridgehead atoms. The highest BCUT2D eigenvalue weighted by molar-refractivity contribution is 5.14. The Kier molecular flexibility index (Phi) is 6.24. The zero-order valence-electron chi connectivity index (χ0n) is 11.7. The Labute approximate surface area is 120 Å². The van der Waals surface area contributed by atoms with E-state index in [1.165, 1.54) is 0 Å². The van der Waals surface area contributed by atoms with Crippen LogP contribution < -0.4 is 0 Å². The van der Waals surface area contributed by atoms with Crippen molar-refractivity contribution in [2.45, 2.75) is 19.5 Å². The first-order chi connectivity index (χ1) is 9.88. The highest BCUT2D eigenvalue weighted by Gasteiger charge is 2.08. The van der Waals surface area contributed by atoms with Crippen molar-refractivity contribution in [3.8, 4) is 0 Å². The van der Waals surface area contributed by atoms with Crippen molar-refractivity contribution in [2.24, 2.45) is 0 Å². The van der Waals surface area contributed by atoms with Gasteiger partial charge in [-0.05, 0) is 11.1 Å². The van der Waals surface area contributed by atoms with E-state index in [-0.39, 0.29) is 6.29 Å². The monoisotopic (exact) mass is 272 g/mol. The van der Waals surface area contributed by atoms with Crippen molar-refractivity contribution in [1.82, 2.24) is 0 Å². The van der Waals surface area contributed by atoms with Gasteiger partial charge in [0.05, 0.1) is 19.8 Å². The molecule has 1 atom stereocenters. The lowest BCUT2D eigenvalue weighted by atomic mass is 10.2. The van der Waals surface area contributed by atoms with Crippen LogP contribution in [0, 0.1) is 0 Å². The van der Waals surface area contributed by atoms with Gasteiger partial charge < -0.3 is 14.2 Å². The second-order valence-electron chi connectivity index (χ2n) is 4.46. The number of benzene rings is 2. The first-order valence-corrected chi connectivity index (χ1v) is 6.68. The van der Waals surface area contributed by atoms with Gasteiger partial charge in [0.1, 0.15) is 0 Å². The highest BCUT2D eigenvalue weighted by atomic mass is 16.7. The molecule has 0 spiro atoms. The Morgan fingerprint density at radius 2 is 1.35 bits per heavy atom. The Balaban J connectivity index is 1.70. The van der Waals surface area contributed by atoms with Gasteiger partial charge in [0, 0.05) is 7.11 Å². The van der Waals surface area contributed by atoms with Crippen LogP contribution in [0.15, 0.2) is 60.7 Å². The minimum atomic E-state index is -0.348. The predicted molar refractivity (Wildman–Crippen MR) is 78.1 cm³/mol. The molecule has 20 heavy (non-hydrogen) atoms. The average molecular weight is 272 g/mol. The standard InChI is InChI=1S/C17H20O3/c1-18-17(20-13-16-10-6-3-7-11-16)14-19-12-15-8-4-2-5-9-15/h2-11,17H,12-14H2,1H3. The summed E-state index contributed by atoms with van der Waals surface area (Å²) in [6, 6.07) is 20.1. The molecule has 0 aliphatic rings. The van der Waals surface area contributed by atoms with Crippen LogP contribution in [0.1, 0.15) is 11.1 Å². The van der Waals surface area contributed by atoms with Crippen LogP contribution in [0.2, 0.25) is 0 Å². The summed E-state index contributed by atoms with van der Waals surface area (Å²) in [7, 11) is 1.63. The highest BCUT2D eigenvalue weighted by Crippen LogP contribution is 2.06. The number of methoxy groups -OCH3 is 1. The molecule has 2 aromatic rings. The lowest BCUT2D eigenvalue weighted by molar-refractivity contribution is -0.165. The van der Waals surface area contributed by atoms with Crippen molar-refractivity contribution in [3.63, 3.8) is 0 Å². The number of ether oxygens (including phenoxy) is 3. The maximum absolute atomic E-state index is 5.67. The molecule has 0 radical (unpaired) electrons. The molecule has 3 heteroatoms. The summed E-state index contributed by atoms with van der Waals surface area (Å²) in [4.78, 5) is 0. The summed E-state index contributed by atoms with van der Waals surface area (Å²) in [6.45, 7) is 1.50. The minimum absolute atomic E-state index is 0.348. The molecule has 3 nitrogen and oxygen atoms in total. The molecular weight excluding hydrogens is 252 g/mol. The van der Waals surface area contributed by atoms with E-state index in [9.17, 15) is 0 Å². The molecule has 0 amide bonds. The van der Waals surface area contributed by atoms with Crippen LogP contribution >= 0.6 is 0 Å². The molecule has 2 aromatic carbocycles. The zero-order valence-corrected chi connectivity index (χ0v) is 11.7. The third-order valence-corrected chi connectivity index (χ3v) is 2.91. The van der Waals surface area contributed by atoms with Crippen LogP contribution in [0.3, 0.4) is 0 Å². The summed E-state index contributed by atoms with van der Waals surface area (Å²) in [5.41, 5.74) is 2.27. The van der Waals surface area contributed by atoms with Gasteiger partial charge in [-0.2, -0.15) is 0 Å². The van der Waals surface area contributed by atoms with E-state index in [1.54, 1.807) is 7.11 Å². The second kappa shape index (κ2) is 8.48. The lowest BCUT2D eigenvalue weighted by Gasteiger charge is -2.16. The van der Waals surface area contributed by atoms with Crippen molar-refractivity contribution in [1.29, 1.82) is 0 Å². The van der Waals surface area contributed by atoms with Gasteiger partial charge in [0.2, 0.25) is 0 Å². The van der Waals surface area contributed by atoms with E-state index in [2.05, 4.69) is 0 Å². The van der Waals surface area contributed by atoms with Gasteiger partial charge in [-0.15, -0.1) is 0 Å². The smallest absolute Gasteiger partial charge is 0.180 e. The third-order valence-electron chi connectivity index (χ3n) is 2.91. The Morgan fingerprint density at radius 1 is 0.800 bits per heavy atom. The molecule has 0 saturated heterocycles. The van der Waals surface area contributed by atoms with Crippen LogP contribution in [0.25, 0.3) is 0 Å². The van der Waals surface area contributed by atoms with Crippen molar-refractivity contribution < 1.29 is 14.2 Å². The Morgan fingerprint density at radius 3 is 1.90 bits per heavy atom. The third kappa shape index (κ3) is 5.13. The normalized spacial score (nSPS) is 12.2. The fourth-order valence-corrected chi connectivity index (χ4v) is 1.79. The van der Waals surface area contributed by atoms with E-state index in [4.69, 9.17) is 14.2 Å². The quantitative estimate of drug-likeness (QED) is 0.689. The van der Waals surface area contributed by atoms with Gasteiger partial charge in [0.15, 0.2) is 6.29 Å². The average Bonchev–Trinajstić information content (AvgIpc) is 2.52. The van der Waals surface area contributed by atoms with E-state index < -0.39 is 0 Å². The van der Waals surface area contributed by atoms with Crippen LogP contribution in [-0.4, -0.2) is 20.0 Å². The maximum Gasteiger partial charge on any atom is 0.180 e. The minimum Gasteiger partial charge on any atom is -0.371 e. The fourth-order valence-electron chi connectivity index (χ4n) is 1.79. The van der Waals surface area contributed by atoms with Crippen molar-refractivity contribution >= 4 is 0 Å². The van der Waals surface area contributed by atoms with Crippen LogP contribution in [0.4, 0.5) is 0 Å². The molecule has 106 valence electrons. The maximum atomic E-state index is 5.67. The summed E-state index contributed by atoms with van der Waals surface area (Å²) in [6.07, 6.45) is -0.348. The molecule has 1 unspecified atom stereocenters. The lowest BCUT2D eigenvalue weighted by Crippen LogP contribution is -2.21. The van der Waals surface area contributed by atoms with Gasteiger partial charge in [-0.3, -0.25) is 0 Å². The number of hydrogen-bond donors (Lipinski definition) is 0. The molecule has 0 fully saturated rings. The number of rotatable bonds is 8. The Bertz CT molecular complexity index is 470. The second-order valence-corrected chi connectivity index (χ2v) is 4.46. The zero-order chi connectivity index (χ0) is 14.0. The molecule has 2 rings (SSSR count). The van der Waals surface area contributed by atoms with Gasteiger partial charge in [0.25, 0.3) is 0 Å². The molecule has 0 aliphatic carbocycles. The topological polar surface area (TPSA) is 27.7 Å². The molecule has 0 aromatic heterocycles. The van der Waals surface area contributed by atoms with Crippen molar-refractivity contribution in [3.05, 3.63) is 71.8 Å². The van der Waals surface area contributed by atoms with Gasteiger partial charge >= 0.3 is 0 Å². The van der Waals surface area contributed by atoms with E-state index in [0.717, 1.165) is 11.1 Å². The first kappa shape index (κ1) is 14.7. The van der Waals surface area contributed by atoms with E-state index >= 15 is 0 Å². The summed E-state index contributed by atoms with van der Waals surface area (Å²) in [5, 5.41) is 0. The summed E-state index contributed by atoms with van der Waals surface area (Å²) >= 11 is 0.